The molecule has 2 aromatic rings. The van der Waals surface area contributed by atoms with E-state index in [1.807, 2.05) is 0 Å². The molecule has 14 heavy (non-hydrogen) atoms. The van der Waals surface area contributed by atoms with Crippen LogP contribution in [0.25, 0.3) is 16.7 Å². The molecule has 5 nitrogen and oxygen atoms in total. The van der Waals surface area contributed by atoms with Gasteiger partial charge in [-0.3, -0.25) is 0 Å². The molecule has 0 unspecified atom stereocenters. The quantitative estimate of drug-likeness (QED) is 0.669. The second kappa shape index (κ2) is 3.02. The van der Waals surface area contributed by atoms with E-state index in [2.05, 4.69) is 21.5 Å². The molecule has 0 radical (unpaired) electrons. The fourth-order valence-corrected chi connectivity index (χ4v) is 1.14. The van der Waals surface area contributed by atoms with Gasteiger partial charge < -0.3 is 4.42 Å². The van der Waals surface area contributed by atoms with E-state index in [1.165, 1.54) is 6.33 Å². The third-order valence-electron chi connectivity index (χ3n) is 1.72. The van der Waals surface area contributed by atoms with Gasteiger partial charge in [0.15, 0.2) is 0 Å². The summed E-state index contributed by atoms with van der Waals surface area (Å²) in [6.07, 6.45) is 2.86. The van der Waals surface area contributed by atoms with Crippen molar-refractivity contribution in [3.8, 4) is 0 Å². The van der Waals surface area contributed by atoms with Crippen LogP contribution in [-0.2, 0) is 0 Å². The number of rotatable bonds is 1. The SMILES string of the molecule is C=C(C)c1nc(=O)oc2ncncc12. The minimum Gasteiger partial charge on any atom is -0.389 e. The number of hydrogen-bond acceptors (Lipinski definition) is 5. The Bertz CT molecular complexity index is 559. The molecule has 0 amide bonds. The van der Waals surface area contributed by atoms with Crippen LogP contribution in [0.1, 0.15) is 12.6 Å². The minimum absolute atomic E-state index is 0.234. The molecule has 0 aliphatic carbocycles. The van der Waals surface area contributed by atoms with Crippen LogP contribution in [0, 0.1) is 0 Å². The average Bonchev–Trinajstić information content (AvgIpc) is 2.16. The van der Waals surface area contributed by atoms with Crippen molar-refractivity contribution in [3.63, 3.8) is 0 Å². The van der Waals surface area contributed by atoms with Crippen molar-refractivity contribution in [1.82, 2.24) is 15.0 Å². The Hall–Kier alpha value is -2.04. The molecule has 2 heterocycles. The van der Waals surface area contributed by atoms with Gasteiger partial charge in [-0.2, -0.15) is 4.98 Å². The highest BCUT2D eigenvalue weighted by Gasteiger charge is 2.07. The highest BCUT2D eigenvalue weighted by atomic mass is 16.4. The third kappa shape index (κ3) is 1.28. The first-order valence-electron chi connectivity index (χ1n) is 3.95. The topological polar surface area (TPSA) is 68.9 Å². The van der Waals surface area contributed by atoms with Crippen LogP contribution >= 0.6 is 0 Å². The molecular weight excluding hydrogens is 182 g/mol. The molecule has 0 atom stereocenters. The summed E-state index contributed by atoms with van der Waals surface area (Å²) < 4.78 is 4.79. The Labute approximate surface area is 79.1 Å². The summed E-state index contributed by atoms with van der Waals surface area (Å²) in [4.78, 5) is 22.4. The molecule has 0 aromatic carbocycles. The molecule has 70 valence electrons. The van der Waals surface area contributed by atoms with Gasteiger partial charge in [-0.05, 0) is 12.5 Å². The fraction of sp³-hybridized carbons (Fsp3) is 0.111. The van der Waals surface area contributed by atoms with Crippen molar-refractivity contribution in [1.29, 1.82) is 0 Å². The second-order valence-corrected chi connectivity index (χ2v) is 2.85. The summed E-state index contributed by atoms with van der Waals surface area (Å²) in [5.41, 5.74) is 1.40. The molecule has 0 fully saturated rings. The Kier molecular flexibility index (Phi) is 1.85. The number of hydrogen-bond donors (Lipinski definition) is 0. The number of fused-ring (bicyclic) bond motifs is 1. The zero-order valence-corrected chi connectivity index (χ0v) is 7.52. The minimum atomic E-state index is -0.672. The lowest BCUT2D eigenvalue weighted by atomic mass is 10.2. The Morgan fingerprint density at radius 2 is 2.36 bits per heavy atom. The van der Waals surface area contributed by atoms with Gasteiger partial charge in [-0.1, -0.05) is 6.58 Å². The van der Waals surface area contributed by atoms with Crippen molar-refractivity contribution in [3.05, 3.63) is 35.3 Å². The van der Waals surface area contributed by atoms with Gasteiger partial charge >= 0.3 is 5.76 Å². The van der Waals surface area contributed by atoms with Gasteiger partial charge in [0.2, 0.25) is 5.71 Å². The maximum atomic E-state index is 11.0. The highest BCUT2D eigenvalue weighted by Crippen LogP contribution is 2.16. The van der Waals surface area contributed by atoms with Crippen LogP contribution in [0.2, 0.25) is 0 Å². The van der Waals surface area contributed by atoms with E-state index >= 15 is 0 Å². The van der Waals surface area contributed by atoms with Crippen molar-refractivity contribution in [2.75, 3.05) is 0 Å². The predicted molar refractivity (Wildman–Crippen MR) is 50.6 cm³/mol. The van der Waals surface area contributed by atoms with Crippen LogP contribution in [0.3, 0.4) is 0 Å². The fourth-order valence-electron chi connectivity index (χ4n) is 1.14. The van der Waals surface area contributed by atoms with Gasteiger partial charge in [0.1, 0.15) is 6.33 Å². The van der Waals surface area contributed by atoms with Crippen molar-refractivity contribution in [2.45, 2.75) is 6.92 Å². The molecule has 2 rings (SSSR count). The standard InChI is InChI=1S/C9H7N3O2/c1-5(2)7-6-3-10-4-11-8(6)14-9(13)12-7/h3-4H,1H2,2H3. The highest BCUT2D eigenvalue weighted by molar-refractivity contribution is 5.84. The maximum absolute atomic E-state index is 11.0. The number of aromatic nitrogens is 3. The molecule has 0 spiro atoms. The van der Waals surface area contributed by atoms with Gasteiger partial charge in [0.25, 0.3) is 0 Å². The average molecular weight is 189 g/mol. The van der Waals surface area contributed by atoms with Crippen LogP contribution in [-0.4, -0.2) is 15.0 Å². The normalized spacial score (nSPS) is 10.4. The third-order valence-corrected chi connectivity index (χ3v) is 1.72. The molecule has 0 aliphatic heterocycles. The van der Waals surface area contributed by atoms with Crippen LogP contribution < -0.4 is 5.76 Å². The van der Waals surface area contributed by atoms with E-state index in [-0.39, 0.29) is 5.71 Å². The second-order valence-electron chi connectivity index (χ2n) is 2.85. The zero-order valence-electron chi connectivity index (χ0n) is 7.52. The summed E-state index contributed by atoms with van der Waals surface area (Å²) in [5.74, 6) is -0.672. The van der Waals surface area contributed by atoms with Gasteiger partial charge in [0, 0.05) is 6.20 Å². The summed E-state index contributed by atoms with van der Waals surface area (Å²) in [7, 11) is 0. The van der Waals surface area contributed by atoms with Crippen molar-refractivity contribution >= 4 is 16.7 Å². The van der Waals surface area contributed by atoms with Crippen LogP contribution in [0.15, 0.2) is 28.3 Å². The molecule has 0 aliphatic rings. The monoisotopic (exact) mass is 189 g/mol. The Morgan fingerprint density at radius 1 is 1.57 bits per heavy atom. The van der Waals surface area contributed by atoms with Gasteiger partial charge in [-0.15, -0.1) is 0 Å². The van der Waals surface area contributed by atoms with Gasteiger partial charge in [0.05, 0.1) is 11.1 Å². The van der Waals surface area contributed by atoms with E-state index in [0.29, 0.717) is 16.7 Å². The maximum Gasteiger partial charge on any atom is 0.441 e. The lowest BCUT2D eigenvalue weighted by molar-refractivity contribution is 0.519. The van der Waals surface area contributed by atoms with Crippen molar-refractivity contribution < 1.29 is 4.42 Å². The summed E-state index contributed by atoms with van der Waals surface area (Å²) in [6, 6.07) is 0. The first kappa shape index (κ1) is 8.55. The van der Waals surface area contributed by atoms with Crippen LogP contribution in [0.5, 0.6) is 0 Å². The molecule has 0 bridgehead atoms. The summed E-state index contributed by atoms with van der Waals surface area (Å²) >= 11 is 0. The van der Waals surface area contributed by atoms with E-state index in [0.717, 1.165) is 0 Å². The lowest BCUT2D eigenvalue weighted by Crippen LogP contribution is -2.07. The first-order chi connectivity index (χ1) is 6.68. The molecule has 5 heteroatoms. The predicted octanol–water partition coefficient (Wildman–Crippen LogP) is 1.01. The molecule has 0 N–H and O–H groups in total. The molecular formula is C9H7N3O2. The van der Waals surface area contributed by atoms with Gasteiger partial charge in [-0.25, -0.2) is 14.8 Å². The largest absolute Gasteiger partial charge is 0.441 e. The van der Waals surface area contributed by atoms with E-state index in [9.17, 15) is 4.79 Å². The lowest BCUT2D eigenvalue weighted by Gasteiger charge is -2.00. The Morgan fingerprint density at radius 3 is 3.07 bits per heavy atom. The molecule has 0 saturated carbocycles. The number of nitrogens with zero attached hydrogens (tertiary/aromatic N) is 3. The Balaban J connectivity index is 2.94. The first-order valence-corrected chi connectivity index (χ1v) is 3.95. The smallest absolute Gasteiger partial charge is 0.389 e. The number of allylic oxidation sites excluding steroid dienone is 1. The van der Waals surface area contributed by atoms with Crippen molar-refractivity contribution in [2.24, 2.45) is 0 Å². The summed E-state index contributed by atoms with van der Waals surface area (Å²) in [6.45, 7) is 5.48. The molecule has 2 aromatic heterocycles. The summed E-state index contributed by atoms with van der Waals surface area (Å²) in [5, 5.41) is 0.597. The van der Waals surface area contributed by atoms with E-state index in [4.69, 9.17) is 4.42 Å². The van der Waals surface area contributed by atoms with E-state index in [1.54, 1.807) is 13.1 Å². The zero-order chi connectivity index (χ0) is 10.1. The van der Waals surface area contributed by atoms with Crippen LogP contribution in [0.4, 0.5) is 0 Å². The van der Waals surface area contributed by atoms with E-state index < -0.39 is 5.76 Å². The molecule has 0 saturated heterocycles.